The molecule has 0 aromatic heterocycles. The predicted molar refractivity (Wildman–Crippen MR) is 104 cm³/mol. The number of carbonyl (C=O) groups excluding carboxylic acids is 1. The fourth-order valence-electron chi connectivity index (χ4n) is 3.70. The number of hydrogen-bond donors (Lipinski definition) is 1. The molecule has 1 amide bonds. The molecular weight excluding hydrogens is 346 g/mol. The van der Waals surface area contributed by atoms with E-state index < -0.39 is 4.87 Å². The summed E-state index contributed by atoms with van der Waals surface area (Å²) in [5, 5.41) is 7.22. The van der Waals surface area contributed by atoms with E-state index in [9.17, 15) is 4.79 Å². The van der Waals surface area contributed by atoms with Gasteiger partial charge in [0.1, 0.15) is 10.8 Å². The lowest BCUT2D eigenvalue weighted by atomic mass is 9.86. The van der Waals surface area contributed by atoms with Gasteiger partial charge in [0.15, 0.2) is 4.87 Å². The third kappa shape index (κ3) is 2.61. The van der Waals surface area contributed by atoms with Crippen LogP contribution in [0, 0.1) is 5.92 Å². The molecule has 26 heavy (non-hydrogen) atoms. The Bertz CT molecular complexity index is 855. The van der Waals surface area contributed by atoms with E-state index in [-0.39, 0.29) is 11.8 Å². The number of ether oxygens (including phenoxy) is 1. The Morgan fingerprint density at radius 2 is 2.00 bits per heavy atom. The van der Waals surface area contributed by atoms with E-state index in [0.29, 0.717) is 13.2 Å². The molecule has 1 spiro atoms. The molecule has 134 valence electrons. The molecule has 2 aliphatic rings. The number of nitrogens with two attached hydrogens (primary N) is 1. The van der Waals surface area contributed by atoms with Crippen LogP contribution in [0.3, 0.4) is 0 Å². The number of amides is 1. The minimum atomic E-state index is -0.620. The zero-order valence-electron chi connectivity index (χ0n) is 14.6. The topological polar surface area (TPSA) is 67.9 Å². The maximum Gasteiger partial charge on any atom is 0.241 e. The van der Waals surface area contributed by atoms with Gasteiger partial charge in [-0.25, -0.2) is 5.01 Å². The number of hydrazone groups is 1. The van der Waals surface area contributed by atoms with Crippen LogP contribution in [-0.4, -0.2) is 29.1 Å². The van der Waals surface area contributed by atoms with Crippen LogP contribution in [0.15, 0.2) is 59.7 Å². The Morgan fingerprint density at radius 1 is 1.27 bits per heavy atom. The number of rotatable bonds is 3. The van der Waals surface area contributed by atoms with Crippen molar-refractivity contribution < 1.29 is 9.53 Å². The van der Waals surface area contributed by atoms with Gasteiger partial charge in [0.2, 0.25) is 5.91 Å². The number of fused-ring (bicyclic) bond motifs is 2. The largest absolute Gasteiger partial charge is 0.493 e. The van der Waals surface area contributed by atoms with Gasteiger partial charge >= 0.3 is 0 Å². The van der Waals surface area contributed by atoms with E-state index in [1.54, 1.807) is 23.7 Å². The van der Waals surface area contributed by atoms with E-state index in [1.807, 2.05) is 54.6 Å². The van der Waals surface area contributed by atoms with E-state index in [0.717, 1.165) is 28.3 Å². The van der Waals surface area contributed by atoms with E-state index in [4.69, 9.17) is 15.6 Å². The molecule has 2 aromatic carbocycles. The van der Waals surface area contributed by atoms with Crippen molar-refractivity contribution in [2.45, 2.75) is 18.2 Å². The van der Waals surface area contributed by atoms with Crippen molar-refractivity contribution in [1.29, 1.82) is 0 Å². The first kappa shape index (κ1) is 17.1. The standard InChI is InChI=1S/C20H21N3O2S/c1-14(24)23-20(26-19(22-23)15-7-3-2-4-8-15)16(11-12-21)13-25-18-10-6-5-9-17(18)20/h2-10,16H,11-13,21H2,1H3/t16-,20+/m1/s1. The summed E-state index contributed by atoms with van der Waals surface area (Å²) in [6.45, 7) is 2.62. The molecule has 0 aliphatic carbocycles. The van der Waals surface area contributed by atoms with Gasteiger partial charge in [-0.05, 0) is 19.0 Å². The quantitative estimate of drug-likeness (QED) is 0.905. The van der Waals surface area contributed by atoms with Gasteiger partial charge in [-0.15, -0.1) is 0 Å². The van der Waals surface area contributed by atoms with Gasteiger partial charge in [0.05, 0.1) is 6.61 Å². The molecule has 0 bridgehead atoms. The van der Waals surface area contributed by atoms with Crippen molar-refractivity contribution in [3.63, 3.8) is 0 Å². The van der Waals surface area contributed by atoms with Gasteiger partial charge in [-0.3, -0.25) is 4.79 Å². The Balaban J connectivity index is 1.87. The van der Waals surface area contributed by atoms with Crippen molar-refractivity contribution in [2.24, 2.45) is 16.8 Å². The summed E-state index contributed by atoms with van der Waals surface area (Å²) in [5.74, 6) is 0.785. The van der Waals surface area contributed by atoms with Crippen molar-refractivity contribution >= 4 is 22.7 Å². The summed E-state index contributed by atoms with van der Waals surface area (Å²) in [5.41, 5.74) is 7.89. The van der Waals surface area contributed by atoms with Gasteiger partial charge < -0.3 is 10.5 Å². The zero-order chi connectivity index (χ0) is 18.1. The van der Waals surface area contributed by atoms with Crippen LogP contribution in [0.2, 0.25) is 0 Å². The summed E-state index contributed by atoms with van der Waals surface area (Å²) in [6.07, 6.45) is 0.753. The van der Waals surface area contributed by atoms with E-state index >= 15 is 0 Å². The van der Waals surface area contributed by atoms with Crippen LogP contribution >= 0.6 is 11.8 Å². The third-order valence-electron chi connectivity index (χ3n) is 4.86. The molecule has 2 aromatic rings. The minimum absolute atomic E-state index is 0.0567. The van der Waals surface area contributed by atoms with Crippen LogP contribution in [0.4, 0.5) is 0 Å². The van der Waals surface area contributed by atoms with Crippen molar-refractivity contribution in [2.75, 3.05) is 13.2 Å². The molecule has 6 heteroatoms. The lowest BCUT2D eigenvalue weighted by Crippen LogP contribution is -2.51. The number of hydrogen-bond acceptors (Lipinski definition) is 5. The SMILES string of the molecule is CC(=O)N1N=C(c2ccccc2)S[C@@]12c1ccccc1OC[C@H]2CCN. The second-order valence-electron chi connectivity index (χ2n) is 6.48. The van der Waals surface area contributed by atoms with Gasteiger partial charge in [0, 0.05) is 24.0 Å². The van der Waals surface area contributed by atoms with Crippen LogP contribution in [0.25, 0.3) is 0 Å². The summed E-state index contributed by atoms with van der Waals surface area (Å²) < 4.78 is 5.99. The third-order valence-corrected chi connectivity index (χ3v) is 6.41. The van der Waals surface area contributed by atoms with Crippen LogP contribution < -0.4 is 10.5 Å². The highest BCUT2D eigenvalue weighted by atomic mass is 32.2. The second-order valence-corrected chi connectivity index (χ2v) is 7.70. The molecule has 0 radical (unpaired) electrons. The molecule has 2 aliphatic heterocycles. The van der Waals surface area contributed by atoms with E-state index in [1.165, 1.54) is 0 Å². The molecule has 2 atom stereocenters. The monoisotopic (exact) mass is 367 g/mol. The van der Waals surface area contributed by atoms with Gasteiger partial charge in [-0.1, -0.05) is 60.3 Å². The Morgan fingerprint density at radius 3 is 2.73 bits per heavy atom. The Hall–Kier alpha value is -2.31. The molecule has 5 nitrogen and oxygen atoms in total. The number of carbonyl (C=O) groups is 1. The van der Waals surface area contributed by atoms with Gasteiger partial charge in [-0.2, -0.15) is 5.10 Å². The fraction of sp³-hybridized carbons (Fsp3) is 0.300. The first-order valence-corrected chi connectivity index (χ1v) is 9.54. The molecular formula is C20H21N3O2S. The highest BCUT2D eigenvalue weighted by Crippen LogP contribution is 2.57. The summed E-state index contributed by atoms with van der Waals surface area (Å²) in [4.78, 5) is 12.0. The van der Waals surface area contributed by atoms with Crippen molar-refractivity contribution in [3.8, 4) is 5.75 Å². The highest BCUT2D eigenvalue weighted by Gasteiger charge is 2.56. The Kier molecular flexibility index (Phi) is 4.46. The number of para-hydroxylation sites is 1. The summed E-state index contributed by atoms with van der Waals surface area (Å²) in [7, 11) is 0. The molecule has 2 N–H and O–H groups in total. The van der Waals surface area contributed by atoms with Crippen LogP contribution in [0.1, 0.15) is 24.5 Å². The summed E-state index contributed by atoms with van der Waals surface area (Å²) in [6, 6.07) is 17.9. The zero-order valence-corrected chi connectivity index (χ0v) is 15.4. The average Bonchev–Trinajstić information content (AvgIpc) is 3.07. The molecule has 0 unspecified atom stereocenters. The second kappa shape index (κ2) is 6.78. The first-order chi connectivity index (χ1) is 12.7. The van der Waals surface area contributed by atoms with Gasteiger partial charge in [0.25, 0.3) is 0 Å². The number of thioether (sulfide) groups is 1. The molecule has 0 fully saturated rings. The molecule has 0 saturated carbocycles. The molecule has 2 heterocycles. The lowest BCUT2D eigenvalue weighted by molar-refractivity contribution is -0.134. The lowest BCUT2D eigenvalue weighted by Gasteiger charge is -2.45. The normalized spacial score (nSPS) is 24.2. The number of benzene rings is 2. The van der Waals surface area contributed by atoms with Crippen molar-refractivity contribution in [3.05, 3.63) is 65.7 Å². The summed E-state index contributed by atoms with van der Waals surface area (Å²) >= 11 is 1.63. The highest BCUT2D eigenvalue weighted by molar-refractivity contribution is 8.15. The van der Waals surface area contributed by atoms with E-state index in [2.05, 4.69) is 0 Å². The Labute approximate surface area is 157 Å². The van der Waals surface area contributed by atoms with Crippen LogP contribution in [-0.2, 0) is 9.67 Å². The van der Waals surface area contributed by atoms with Crippen LogP contribution in [0.5, 0.6) is 5.75 Å². The smallest absolute Gasteiger partial charge is 0.241 e. The molecule has 0 saturated heterocycles. The average molecular weight is 367 g/mol. The molecule has 4 rings (SSSR count). The fourth-order valence-corrected chi connectivity index (χ4v) is 5.25. The number of nitrogens with zero attached hydrogens (tertiary/aromatic N) is 2. The first-order valence-electron chi connectivity index (χ1n) is 8.73. The van der Waals surface area contributed by atoms with Crippen molar-refractivity contribution in [1.82, 2.24) is 5.01 Å². The maximum absolute atomic E-state index is 12.6. The predicted octanol–water partition coefficient (Wildman–Crippen LogP) is 3.15. The minimum Gasteiger partial charge on any atom is -0.493 e. The maximum atomic E-state index is 12.6.